The van der Waals surface area contributed by atoms with E-state index in [1.165, 1.54) is 6.54 Å². The van der Waals surface area contributed by atoms with Crippen LogP contribution in [0.2, 0.25) is 0 Å². The van der Waals surface area contributed by atoms with Crippen LogP contribution in [0.4, 0.5) is 5.82 Å². The first-order chi connectivity index (χ1) is 10.1. The van der Waals surface area contributed by atoms with Gasteiger partial charge in [-0.1, -0.05) is 29.8 Å². The van der Waals surface area contributed by atoms with E-state index >= 15 is 0 Å². The molecule has 0 N–H and O–H groups in total. The van der Waals surface area contributed by atoms with Crippen molar-refractivity contribution in [2.45, 2.75) is 13.8 Å². The molecule has 0 amide bonds. The molecular weight excluding hydrogens is 328 g/mol. The van der Waals surface area contributed by atoms with Gasteiger partial charge in [0, 0.05) is 42.6 Å². The molecule has 1 aliphatic heterocycles. The summed E-state index contributed by atoms with van der Waals surface area (Å²) < 4.78 is 1.07. The zero-order chi connectivity index (χ0) is 14.8. The summed E-state index contributed by atoms with van der Waals surface area (Å²) >= 11 is 3.54. The first-order valence-electron chi connectivity index (χ1n) is 7.51. The Morgan fingerprint density at radius 2 is 1.90 bits per heavy atom. The van der Waals surface area contributed by atoms with Gasteiger partial charge in [0.15, 0.2) is 0 Å². The number of benzene rings is 1. The van der Waals surface area contributed by atoms with Gasteiger partial charge in [-0.3, -0.25) is 4.90 Å². The van der Waals surface area contributed by atoms with Gasteiger partial charge in [-0.2, -0.15) is 0 Å². The summed E-state index contributed by atoms with van der Waals surface area (Å²) in [7, 11) is 0. The van der Waals surface area contributed by atoms with Gasteiger partial charge >= 0.3 is 0 Å². The van der Waals surface area contributed by atoms with E-state index in [0.29, 0.717) is 0 Å². The number of halogens is 1. The minimum absolute atomic E-state index is 0.729. The number of hydrogen-bond acceptors (Lipinski definition) is 4. The highest BCUT2D eigenvalue weighted by molar-refractivity contribution is 9.10. The van der Waals surface area contributed by atoms with E-state index < -0.39 is 0 Å². The van der Waals surface area contributed by atoms with Crippen LogP contribution in [-0.4, -0.2) is 47.6 Å². The van der Waals surface area contributed by atoms with Crippen LogP contribution in [0.3, 0.4) is 0 Å². The molecule has 1 aromatic carbocycles. The molecule has 0 aliphatic carbocycles. The lowest BCUT2D eigenvalue weighted by Gasteiger charge is -2.36. The van der Waals surface area contributed by atoms with Crippen LogP contribution in [0.15, 0.2) is 29.0 Å². The SMILES string of the molecule is CC(C)CN1CCN(c2ncnc3ccc(Br)cc23)CC1. The maximum Gasteiger partial charge on any atom is 0.140 e. The Labute approximate surface area is 134 Å². The van der Waals surface area contributed by atoms with Crippen molar-refractivity contribution in [3.63, 3.8) is 0 Å². The quantitative estimate of drug-likeness (QED) is 0.852. The fraction of sp³-hybridized carbons (Fsp3) is 0.500. The van der Waals surface area contributed by atoms with Gasteiger partial charge in [0.05, 0.1) is 5.52 Å². The van der Waals surface area contributed by atoms with Crippen molar-refractivity contribution in [1.29, 1.82) is 0 Å². The highest BCUT2D eigenvalue weighted by Gasteiger charge is 2.20. The molecule has 0 spiro atoms. The molecular formula is C16H21BrN4. The number of rotatable bonds is 3. The lowest BCUT2D eigenvalue weighted by atomic mass is 10.1. The van der Waals surface area contributed by atoms with Crippen LogP contribution >= 0.6 is 15.9 Å². The minimum Gasteiger partial charge on any atom is -0.353 e. The van der Waals surface area contributed by atoms with E-state index in [-0.39, 0.29) is 0 Å². The third kappa shape index (κ3) is 3.35. The van der Waals surface area contributed by atoms with Gasteiger partial charge in [0.2, 0.25) is 0 Å². The van der Waals surface area contributed by atoms with Crippen molar-refractivity contribution in [2.75, 3.05) is 37.6 Å². The molecule has 2 aromatic rings. The molecule has 3 rings (SSSR count). The number of aromatic nitrogens is 2. The molecule has 112 valence electrons. The first-order valence-corrected chi connectivity index (χ1v) is 8.30. The summed E-state index contributed by atoms with van der Waals surface area (Å²) in [6.07, 6.45) is 1.67. The van der Waals surface area contributed by atoms with E-state index in [2.05, 4.69) is 55.6 Å². The van der Waals surface area contributed by atoms with Crippen molar-refractivity contribution in [3.8, 4) is 0 Å². The van der Waals surface area contributed by atoms with Crippen LogP contribution in [-0.2, 0) is 0 Å². The highest BCUT2D eigenvalue weighted by Crippen LogP contribution is 2.26. The van der Waals surface area contributed by atoms with E-state index in [4.69, 9.17) is 0 Å². The summed E-state index contributed by atoms with van der Waals surface area (Å²) in [5.41, 5.74) is 1.01. The molecule has 2 heterocycles. The van der Waals surface area contributed by atoms with Gasteiger partial charge in [0.25, 0.3) is 0 Å². The summed E-state index contributed by atoms with van der Waals surface area (Å²) in [6, 6.07) is 6.18. The number of fused-ring (bicyclic) bond motifs is 1. The Bertz CT molecular complexity index is 621. The molecule has 0 bridgehead atoms. The average molecular weight is 349 g/mol. The smallest absolute Gasteiger partial charge is 0.140 e. The molecule has 0 saturated carbocycles. The number of anilines is 1. The van der Waals surface area contributed by atoms with E-state index in [9.17, 15) is 0 Å². The van der Waals surface area contributed by atoms with Crippen LogP contribution < -0.4 is 4.90 Å². The Morgan fingerprint density at radius 3 is 2.62 bits per heavy atom. The van der Waals surface area contributed by atoms with Crippen molar-refractivity contribution < 1.29 is 0 Å². The minimum atomic E-state index is 0.729. The average Bonchev–Trinajstić information content (AvgIpc) is 2.47. The topological polar surface area (TPSA) is 32.3 Å². The molecule has 0 unspecified atom stereocenters. The van der Waals surface area contributed by atoms with Gasteiger partial charge in [-0.15, -0.1) is 0 Å². The van der Waals surface area contributed by atoms with Gasteiger partial charge in [-0.25, -0.2) is 9.97 Å². The van der Waals surface area contributed by atoms with Crippen molar-refractivity contribution in [3.05, 3.63) is 29.0 Å². The first kappa shape index (κ1) is 14.7. The third-order valence-electron chi connectivity index (χ3n) is 3.87. The zero-order valence-corrected chi connectivity index (χ0v) is 14.2. The second-order valence-corrected chi connectivity index (χ2v) is 6.96. The van der Waals surface area contributed by atoms with Crippen LogP contribution in [0.1, 0.15) is 13.8 Å². The fourth-order valence-corrected chi connectivity index (χ4v) is 3.29. The summed E-state index contributed by atoms with van der Waals surface area (Å²) in [5.74, 6) is 1.79. The molecule has 5 heteroatoms. The van der Waals surface area contributed by atoms with Crippen molar-refractivity contribution >= 4 is 32.7 Å². The van der Waals surface area contributed by atoms with E-state index in [1.54, 1.807) is 6.33 Å². The Hall–Kier alpha value is -1.20. The van der Waals surface area contributed by atoms with Crippen LogP contribution in [0.5, 0.6) is 0 Å². The molecule has 4 nitrogen and oxygen atoms in total. The van der Waals surface area contributed by atoms with Gasteiger partial charge in [0.1, 0.15) is 12.1 Å². The van der Waals surface area contributed by atoms with Crippen molar-refractivity contribution in [2.24, 2.45) is 5.92 Å². The highest BCUT2D eigenvalue weighted by atomic mass is 79.9. The normalized spacial score (nSPS) is 16.9. The molecule has 0 atom stereocenters. The zero-order valence-electron chi connectivity index (χ0n) is 12.6. The number of nitrogens with zero attached hydrogens (tertiary/aromatic N) is 4. The molecule has 1 aliphatic rings. The van der Waals surface area contributed by atoms with Crippen molar-refractivity contribution in [1.82, 2.24) is 14.9 Å². The van der Waals surface area contributed by atoms with Crippen LogP contribution in [0.25, 0.3) is 10.9 Å². The second kappa shape index (κ2) is 6.28. The Balaban J connectivity index is 1.81. The number of hydrogen-bond donors (Lipinski definition) is 0. The number of piperazine rings is 1. The van der Waals surface area contributed by atoms with E-state index in [1.807, 2.05) is 12.1 Å². The summed E-state index contributed by atoms with van der Waals surface area (Å²) in [6.45, 7) is 10.0. The predicted octanol–water partition coefficient (Wildman–Crippen LogP) is 3.17. The second-order valence-electron chi connectivity index (χ2n) is 6.04. The summed E-state index contributed by atoms with van der Waals surface area (Å²) in [4.78, 5) is 13.8. The summed E-state index contributed by atoms with van der Waals surface area (Å²) in [5, 5.41) is 1.13. The largest absolute Gasteiger partial charge is 0.353 e. The molecule has 1 saturated heterocycles. The fourth-order valence-electron chi connectivity index (χ4n) is 2.93. The Kier molecular flexibility index (Phi) is 4.40. The van der Waals surface area contributed by atoms with Gasteiger partial charge in [-0.05, 0) is 24.1 Å². The molecule has 1 fully saturated rings. The predicted molar refractivity (Wildman–Crippen MR) is 90.7 cm³/mol. The lowest BCUT2D eigenvalue weighted by molar-refractivity contribution is 0.231. The van der Waals surface area contributed by atoms with E-state index in [0.717, 1.165) is 53.3 Å². The molecule has 0 radical (unpaired) electrons. The maximum atomic E-state index is 4.53. The Morgan fingerprint density at radius 1 is 1.14 bits per heavy atom. The molecule has 1 aromatic heterocycles. The monoisotopic (exact) mass is 348 g/mol. The van der Waals surface area contributed by atoms with Crippen LogP contribution in [0, 0.1) is 5.92 Å². The van der Waals surface area contributed by atoms with Gasteiger partial charge < -0.3 is 4.90 Å². The lowest BCUT2D eigenvalue weighted by Crippen LogP contribution is -2.47. The standard InChI is InChI=1S/C16H21BrN4/c1-12(2)10-20-5-7-21(8-6-20)16-14-9-13(17)3-4-15(14)18-11-19-16/h3-4,9,11-12H,5-8,10H2,1-2H3. The third-order valence-corrected chi connectivity index (χ3v) is 4.36. The maximum absolute atomic E-state index is 4.53. The molecule has 21 heavy (non-hydrogen) atoms.